The standard InChI is InChI=1S/C16H19N3O4/c1-23-13-4-2-11(3-5-13)8-14(20)18-7-6-12(10-18)19-15(21)9-17-16(19)22/h2-5,12H,6-10H2,1H3,(H,17,22). The number of rotatable bonds is 4. The highest BCUT2D eigenvalue weighted by molar-refractivity contribution is 6.02. The van der Waals surface area contributed by atoms with Crippen LogP contribution in [0.4, 0.5) is 4.79 Å². The van der Waals surface area contributed by atoms with Crippen LogP contribution < -0.4 is 10.1 Å². The van der Waals surface area contributed by atoms with E-state index in [0.717, 1.165) is 11.3 Å². The first-order valence-electron chi connectivity index (χ1n) is 7.59. The number of hydrogen-bond donors (Lipinski definition) is 1. The number of benzene rings is 1. The van der Waals surface area contributed by atoms with Gasteiger partial charge in [0.25, 0.3) is 0 Å². The molecule has 2 aliphatic rings. The summed E-state index contributed by atoms with van der Waals surface area (Å²) >= 11 is 0. The van der Waals surface area contributed by atoms with Gasteiger partial charge in [-0.05, 0) is 24.1 Å². The molecule has 0 radical (unpaired) electrons. The van der Waals surface area contributed by atoms with Crippen molar-refractivity contribution in [2.45, 2.75) is 18.9 Å². The Morgan fingerprint density at radius 2 is 2.04 bits per heavy atom. The molecule has 2 heterocycles. The molecule has 1 unspecified atom stereocenters. The maximum Gasteiger partial charge on any atom is 0.324 e. The van der Waals surface area contributed by atoms with Gasteiger partial charge in [-0.2, -0.15) is 0 Å². The molecule has 7 nitrogen and oxygen atoms in total. The largest absolute Gasteiger partial charge is 0.497 e. The molecule has 122 valence electrons. The van der Waals surface area contributed by atoms with E-state index in [4.69, 9.17) is 4.74 Å². The third-order valence-electron chi connectivity index (χ3n) is 4.27. The third-order valence-corrected chi connectivity index (χ3v) is 4.27. The molecule has 0 saturated carbocycles. The number of methoxy groups -OCH3 is 1. The van der Waals surface area contributed by atoms with Gasteiger partial charge in [-0.15, -0.1) is 0 Å². The number of amides is 4. The molecule has 1 atom stereocenters. The van der Waals surface area contributed by atoms with Gasteiger partial charge in [0.15, 0.2) is 0 Å². The number of carbonyl (C=O) groups is 3. The van der Waals surface area contributed by atoms with Gasteiger partial charge in [-0.25, -0.2) is 4.79 Å². The van der Waals surface area contributed by atoms with Gasteiger partial charge in [0.2, 0.25) is 11.8 Å². The van der Waals surface area contributed by atoms with E-state index in [1.54, 1.807) is 12.0 Å². The molecule has 2 fully saturated rings. The van der Waals surface area contributed by atoms with Gasteiger partial charge in [0.05, 0.1) is 26.1 Å². The van der Waals surface area contributed by atoms with E-state index < -0.39 is 0 Å². The van der Waals surface area contributed by atoms with Crippen LogP contribution in [0.2, 0.25) is 0 Å². The van der Waals surface area contributed by atoms with Crippen molar-refractivity contribution < 1.29 is 19.1 Å². The topological polar surface area (TPSA) is 79.0 Å². The second-order valence-corrected chi connectivity index (χ2v) is 5.73. The summed E-state index contributed by atoms with van der Waals surface area (Å²) in [5.41, 5.74) is 0.911. The maximum atomic E-state index is 12.4. The molecule has 2 aliphatic heterocycles. The number of imide groups is 1. The molecule has 3 rings (SSSR count). The number of urea groups is 1. The zero-order valence-corrected chi connectivity index (χ0v) is 12.9. The van der Waals surface area contributed by atoms with Crippen LogP contribution in [0.1, 0.15) is 12.0 Å². The maximum absolute atomic E-state index is 12.4. The van der Waals surface area contributed by atoms with Gasteiger partial charge in [0.1, 0.15) is 5.75 Å². The Morgan fingerprint density at radius 1 is 1.30 bits per heavy atom. The predicted molar refractivity (Wildman–Crippen MR) is 81.9 cm³/mol. The van der Waals surface area contributed by atoms with E-state index in [1.165, 1.54) is 4.90 Å². The molecule has 1 aromatic carbocycles. The van der Waals surface area contributed by atoms with E-state index >= 15 is 0 Å². The Labute approximate surface area is 134 Å². The van der Waals surface area contributed by atoms with E-state index in [2.05, 4.69) is 5.32 Å². The van der Waals surface area contributed by atoms with Gasteiger partial charge >= 0.3 is 6.03 Å². The fourth-order valence-corrected chi connectivity index (χ4v) is 3.01. The highest BCUT2D eigenvalue weighted by atomic mass is 16.5. The number of nitrogens with one attached hydrogen (secondary N) is 1. The lowest BCUT2D eigenvalue weighted by Crippen LogP contribution is -2.43. The lowest BCUT2D eigenvalue weighted by molar-refractivity contribution is -0.131. The van der Waals surface area contributed by atoms with Gasteiger partial charge < -0.3 is 15.0 Å². The van der Waals surface area contributed by atoms with Gasteiger partial charge in [0, 0.05) is 13.1 Å². The van der Waals surface area contributed by atoms with Crippen LogP contribution in [-0.2, 0) is 16.0 Å². The molecule has 0 aliphatic carbocycles. The first-order chi connectivity index (χ1) is 11.1. The van der Waals surface area contributed by atoms with E-state index in [0.29, 0.717) is 25.9 Å². The molecule has 0 spiro atoms. The normalized spacial score (nSPS) is 20.8. The van der Waals surface area contributed by atoms with Crippen LogP contribution in [0, 0.1) is 0 Å². The summed E-state index contributed by atoms with van der Waals surface area (Å²) in [6.07, 6.45) is 0.935. The number of nitrogens with zero attached hydrogens (tertiary/aromatic N) is 2. The number of likely N-dealkylation sites (tertiary alicyclic amines) is 1. The van der Waals surface area contributed by atoms with Crippen molar-refractivity contribution >= 4 is 17.8 Å². The Hall–Kier alpha value is -2.57. The SMILES string of the molecule is COc1ccc(CC(=O)N2CCC(N3C(=O)CNC3=O)C2)cc1. The quantitative estimate of drug-likeness (QED) is 0.815. The minimum Gasteiger partial charge on any atom is -0.497 e. The fraction of sp³-hybridized carbons (Fsp3) is 0.438. The number of ether oxygens (including phenoxy) is 1. The monoisotopic (exact) mass is 317 g/mol. The van der Waals surface area contributed by atoms with Crippen LogP contribution in [0.3, 0.4) is 0 Å². The van der Waals surface area contributed by atoms with E-state index in [9.17, 15) is 14.4 Å². The second kappa shape index (κ2) is 6.28. The minimum atomic E-state index is -0.357. The van der Waals surface area contributed by atoms with Crippen molar-refractivity contribution in [3.05, 3.63) is 29.8 Å². The van der Waals surface area contributed by atoms with Crippen molar-refractivity contribution in [3.63, 3.8) is 0 Å². The van der Waals surface area contributed by atoms with E-state index in [-0.39, 0.29) is 30.4 Å². The molecular formula is C16H19N3O4. The van der Waals surface area contributed by atoms with E-state index in [1.807, 2.05) is 24.3 Å². The van der Waals surface area contributed by atoms with Crippen LogP contribution in [0.5, 0.6) is 5.75 Å². The number of carbonyl (C=O) groups excluding carboxylic acids is 3. The first kappa shape index (κ1) is 15.3. The first-order valence-corrected chi connectivity index (χ1v) is 7.59. The van der Waals surface area contributed by atoms with Gasteiger partial charge in [-0.3, -0.25) is 14.5 Å². The highest BCUT2D eigenvalue weighted by Gasteiger charge is 2.39. The van der Waals surface area contributed by atoms with Crippen LogP contribution in [-0.4, -0.2) is 60.4 Å². The molecule has 23 heavy (non-hydrogen) atoms. The van der Waals surface area contributed by atoms with Crippen molar-refractivity contribution in [1.82, 2.24) is 15.1 Å². The predicted octanol–water partition coefficient (Wildman–Crippen LogP) is 0.390. The molecule has 4 amide bonds. The molecule has 7 heteroatoms. The summed E-state index contributed by atoms with van der Waals surface area (Å²) < 4.78 is 5.09. The number of hydrogen-bond acceptors (Lipinski definition) is 4. The average Bonchev–Trinajstić information content (AvgIpc) is 3.15. The summed E-state index contributed by atoms with van der Waals surface area (Å²) in [6.45, 7) is 1.03. The Kier molecular flexibility index (Phi) is 4.18. The summed E-state index contributed by atoms with van der Waals surface area (Å²) in [7, 11) is 1.60. The van der Waals surface area contributed by atoms with Crippen molar-refractivity contribution in [3.8, 4) is 5.75 Å². The molecular weight excluding hydrogens is 298 g/mol. The van der Waals surface area contributed by atoms with Crippen molar-refractivity contribution in [2.75, 3.05) is 26.7 Å². The summed E-state index contributed by atoms with van der Waals surface area (Å²) in [6, 6.07) is 6.80. The fourth-order valence-electron chi connectivity index (χ4n) is 3.01. The molecule has 2 saturated heterocycles. The van der Waals surface area contributed by atoms with Crippen LogP contribution in [0.25, 0.3) is 0 Å². The Bertz CT molecular complexity index is 613. The van der Waals surface area contributed by atoms with Crippen molar-refractivity contribution in [1.29, 1.82) is 0 Å². The lowest BCUT2D eigenvalue weighted by atomic mass is 10.1. The van der Waals surface area contributed by atoms with Crippen LogP contribution in [0.15, 0.2) is 24.3 Å². The van der Waals surface area contributed by atoms with Gasteiger partial charge in [-0.1, -0.05) is 12.1 Å². The zero-order valence-electron chi connectivity index (χ0n) is 12.9. The third kappa shape index (κ3) is 3.13. The second-order valence-electron chi connectivity index (χ2n) is 5.73. The summed E-state index contributed by atoms with van der Waals surface area (Å²) in [5.74, 6) is 0.537. The zero-order chi connectivity index (χ0) is 16.4. The lowest BCUT2D eigenvalue weighted by Gasteiger charge is -2.21. The average molecular weight is 317 g/mol. The van der Waals surface area contributed by atoms with Crippen molar-refractivity contribution in [2.24, 2.45) is 0 Å². The summed E-state index contributed by atoms with van der Waals surface area (Å²) in [4.78, 5) is 38.8. The molecule has 1 aromatic rings. The Morgan fingerprint density at radius 3 is 2.65 bits per heavy atom. The smallest absolute Gasteiger partial charge is 0.324 e. The summed E-state index contributed by atoms with van der Waals surface area (Å²) in [5, 5.41) is 2.51. The van der Waals surface area contributed by atoms with Crippen LogP contribution >= 0.6 is 0 Å². The molecule has 0 aromatic heterocycles. The molecule has 0 bridgehead atoms. The highest BCUT2D eigenvalue weighted by Crippen LogP contribution is 2.19. The molecule has 1 N–H and O–H groups in total. The Balaban J connectivity index is 1.58. The minimum absolute atomic E-state index is 0.00437.